The van der Waals surface area contributed by atoms with Crippen LogP contribution in [0.4, 0.5) is 10.5 Å². The van der Waals surface area contributed by atoms with Gasteiger partial charge in [-0.3, -0.25) is 4.79 Å². The summed E-state index contributed by atoms with van der Waals surface area (Å²) in [5, 5.41) is 19.8. The van der Waals surface area contributed by atoms with Gasteiger partial charge in [0.15, 0.2) is 5.82 Å². The highest BCUT2D eigenvalue weighted by Crippen LogP contribution is 2.26. The number of aromatic nitrogens is 3. The van der Waals surface area contributed by atoms with Gasteiger partial charge in [-0.15, -0.1) is 10.2 Å². The molecule has 0 aliphatic rings. The van der Waals surface area contributed by atoms with Crippen molar-refractivity contribution >= 4 is 17.7 Å². The van der Waals surface area contributed by atoms with Crippen LogP contribution in [0.1, 0.15) is 13.8 Å². The maximum Gasteiger partial charge on any atom is 0.321 e. The molecule has 1 aromatic carbocycles. The van der Waals surface area contributed by atoms with E-state index < -0.39 is 11.9 Å². The van der Waals surface area contributed by atoms with Crippen molar-refractivity contribution < 1.29 is 14.7 Å². The molecule has 1 aromatic heterocycles. The maximum absolute atomic E-state index is 12.3. The predicted octanol–water partition coefficient (Wildman–Crippen LogP) is 2.15. The fourth-order valence-electron chi connectivity index (χ4n) is 2.26. The van der Waals surface area contributed by atoms with Crippen molar-refractivity contribution in [3.63, 3.8) is 0 Å². The second-order valence-corrected chi connectivity index (χ2v) is 5.54. The molecule has 0 radical (unpaired) electrons. The number of hydrogen-bond acceptors (Lipinski definition) is 4. The van der Waals surface area contributed by atoms with Gasteiger partial charge in [-0.25, -0.2) is 4.79 Å². The van der Waals surface area contributed by atoms with Gasteiger partial charge in [0.2, 0.25) is 0 Å². The molecule has 24 heavy (non-hydrogen) atoms. The third-order valence-corrected chi connectivity index (χ3v) is 3.68. The molecule has 0 spiro atoms. The molecule has 0 aliphatic heterocycles. The lowest BCUT2D eigenvalue weighted by Gasteiger charge is -2.21. The monoisotopic (exact) mass is 331 g/mol. The summed E-state index contributed by atoms with van der Waals surface area (Å²) in [6.07, 6.45) is 1.63. The Balaban J connectivity index is 2.19. The number of carboxylic acid groups (broad SMARTS) is 1. The van der Waals surface area contributed by atoms with Gasteiger partial charge < -0.3 is 19.9 Å². The summed E-state index contributed by atoms with van der Waals surface area (Å²) in [7, 11) is 1.56. The first-order chi connectivity index (χ1) is 11.4. The van der Waals surface area contributed by atoms with Crippen LogP contribution in [0.25, 0.3) is 11.4 Å². The largest absolute Gasteiger partial charge is 0.481 e. The number of hydrogen-bond donors (Lipinski definition) is 2. The highest BCUT2D eigenvalue weighted by atomic mass is 16.4. The number of nitrogens with one attached hydrogen (secondary N) is 1. The first kappa shape index (κ1) is 17.5. The van der Waals surface area contributed by atoms with Crippen LogP contribution in [0.2, 0.25) is 0 Å². The molecule has 2 rings (SSSR count). The van der Waals surface area contributed by atoms with E-state index in [4.69, 9.17) is 5.11 Å². The Bertz CT molecular complexity index is 728. The van der Waals surface area contributed by atoms with Gasteiger partial charge in [-0.2, -0.15) is 0 Å². The molecule has 8 heteroatoms. The van der Waals surface area contributed by atoms with Crippen molar-refractivity contribution in [2.24, 2.45) is 5.92 Å². The minimum atomic E-state index is -0.939. The Hall–Kier alpha value is -2.90. The standard InChI is InChI=1S/C16H21N5O3/c1-4-21-10-17-19-14(21)12-7-5-6-8-13(12)18-16(24)20(3)9-11(2)15(22)23/h5-8,10-11H,4,9H2,1-3H3,(H,18,24)(H,22,23). The number of carbonyl (C=O) groups is 2. The molecule has 8 nitrogen and oxygen atoms in total. The first-order valence-electron chi connectivity index (χ1n) is 7.66. The number of para-hydroxylation sites is 1. The molecule has 0 fully saturated rings. The molecular weight excluding hydrogens is 310 g/mol. The number of urea groups is 1. The van der Waals surface area contributed by atoms with Gasteiger partial charge >= 0.3 is 12.0 Å². The van der Waals surface area contributed by atoms with Crippen LogP contribution in [-0.2, 0) is 11.3 Å². The zero-order valence-electron chi connectivity index (χ0n) is 13.9. The molecule has 0 bridgehead atoms. The van der Waals surface area contributed by atoms with Crippen LogP contribution in [0, 0.1) is 5.92 Å². The fourth-order valence-corrected chi connectivity index (χ4v) is 2.26. The topological polar surface area (TPSA) is 100 Å². The Morgan fingerprint density at radius 3 is 2.75 bits per heavy atom. The third kappa shape index (κ3) is 3.89. The van der Waals surface area contributed by atoms with Crippen molar-refractivity contribution in [2.75, 3.05) is 18.9 Å². The summed E-state index contributed by atoms with van der Waals surface area (Å²) in [6, 6.07) is 6.92. The van der Waals surface area contributed by atoms with Crippen molar-refractivity contribution in [3.8, 4) is 11.4 Å². The van der Waals surface area contributed by atoms with Crippen LogP contribution in [0.15, 0.2) is 30.6 Å². The molecule has 2 aromatic rings. The molecule has 1 unspecified atom stereocenters. The summed E-state index contributed by atoms with van der Waals surface area (Å²) in [6.45, 7) is 4.37. The van der Waals surface area contributed by atoms with Crippen molar-refractivity contribution in [3.05, 3.63) is 30.6 Å². The van der Waals surface area contributed by atoms with E-state index in [2.05, 4.69) is 15.5 Å². The zero-order chi connectivity index (χ0) is 17.7. The molecule has 2 amide bonds. The van der Waals surface area contributed by atoms with Crippen molar-refractivity contribution in [1.82, 2.24) is 19.7 Å². The van der Waals surface area contributed by atoms with E-state index in [0.717, 1.165) is 5.56 Å². The van der Waals surface area contributed by atoms with Gasteiger partial charge in [0.25, 0.3) is 0 Å². The Kier molecular flexibility index (Phi) is 5.51. The Morgan fingerprint density at radius 2 is 2.08 bits per heavy atom. The van der Waals surface area contributed by atoms with Crippen LogP contribution < -0.4 is 5.32 Å². The molecule has 0 saturated carbocycles. The average Bonchev–Trinajstić information content (AvgIpc) is 3.03. The van der Waals surface area contributed by atoms with Crippen molar-refractivity contribution in [1.29, 1.82) is 0 Å². The van der Waals surface area contributed by atoms with Gasteiger partial charge in [0, 0.05) is 25.7 Å². The van der Waals surface area contributed by atoms with Crippen LogP contribution in [0.3, 0.4) is 0 Å². The molecule has 128 valence electrons. The van der Waals surface area contributed by atoms with E-state index in [1.807, 2.05) is 29.7 Å². The van der Waals surface area contributed by atoms with E-state index in [9.17, 15) is 9.59 Å². The lowest BCUT2D eigenvalue weighted by Crippen LogP contribution is -2.36. The van der Waals surface area contributed by atoms with Crippen LogP contribution >= 0.6 is 0 Å². The summed E-state index contributed by atoms with van der Waals surface area (Å²) in [5.41, 5.74) is 1.35. The first-order valence-corrected chi connectivity index (χ1v) is 7.66. The summed E-state index contributed by atoms with van der Waals surface area (Å²) >= 11 is 0. The zero-order valence-corrected chi connectivity index (χ0v) is 13.9. The SMILES string of the molecule is CCn1cnnc1-c1ccccc1NC(=O)N(C)CC(C)C(=O)O. The number of aliphatic carboxylic acids is 1. The van der Waals surface area contributed by atoms with Crippen LogP contribution in [0.5, 0.6) is 0 Å². The number of nitrogens with zero attached hydrogens (tertiary/aromatic N) is 4. The number of carboxylic acids is 1. The Labute approximate surface area is 140 Å². The van der Waals surface area contributed by atoms with E-state index in [1.54, 1.807) is 26.4 Å². The summed E-state index contributed by atoms with van der Waals surface area (Å²) in [4.78, 5) is 24.6. The normalized spacial score (nSPS) is 11.8. The van der Waals surface area contributed by atoms with E-state index in [0.29, 0.717) is 18.1 Å². The lowest BCUT2D eigenvalue weighted by atomic mass is 10.1. The predicted molar refractivity (Wildman–Crippen MR) is 89.6 cm³/mol. The number of aryl methyl sites for hydroxylation is 1. The van der Waals surface area contributed by atoms with Gasteiger partial charge in [0.05, 0.1) is 11.6 Å². The van der Waals surface area contributed by atoms with Gasteiger partial charge in [-0.05, 0) is 19.1 Å². The molecule has 0 saturated heterocycles. The number of benzene rings is 1. The number of amides is 2. The maximum atomic E-state index is 12.3. The fraction of sp³-hybridized carbons (Fsp3) is 0.375. The Morgan fingerprint density at radius 1 is 1.38 bits per heavy atom. The summed E-state index contributed by atoms with van der Waals surface area (Å²) < 4.78 is 1.88. The van der Waals surface area contributed by atoms with E-state index in [1.165, 1.54) is 4.90 Å². The second-order valence-electron chi connectivity index (χ2n) is 5.54. The number of anilines is 1. The highest BCUT2D eigenvalue weighted by Gasteiger charge is 2.19. The average molecular weight is 331 g/mol. The molecule has 2 N–H and O–H groups in total. The molecule has 1 atom stereocenters. The molecular formula is C16H21N5O3. The highest BCUT2D eigenvalue weighted by molar-refractivity contribution is 5.93. The number of carbonyl (C=O) groups excluding carboxylic acids is 1. The minimum Gasteiger partial charge on any atom is -0.481 e. The van der Waals surface area contributed by atoms with Crippen LogP contribution in [-0.4, -0.2) is 50.4 Å². The summed E-state index contributed by atoms with van der Waals surface area (Å²) in [5.74, 6) is -0.916. The lowest BCUT2D eigenvalue weighted by molar-refractivity contribution is -0.141. The smallest absolute Gasteiger partial charge is 0.321 e. The quantitative estimate of drug-likeness (QED) is 0.845. The molecule has 0 aliphatic carbocycles. The third-order valence-electron chi connectivity index (χ3n) is 3.68. The van der Waals surface area contributed by atoms with E-state index >= 15 is 0 Å². The minimum absolute atomic E-state index is 0.120. The van der Waals surface area contributed by atoms with E-state index in [-0.39, 0.29) is 12.6 Å². The number of rotatable bonds is 6. The van der Waals surface area contributed by atoms with Crippen molar-refractivity contribution in [2.45, 2.75) is 20.4 Å². The van der Waals surface area contributed by atoms with Gasteiger partial charge in [0.1, 0.15) is 6.33 Å². The van der Waals surface area contributed by atoms with Gasteiger partial charge in [-0.1, -0.05) is 19.1 Å². The second kappa shape index (κ2) is 7.58. The molecule has 1 heterocycles.